The quantitative estimate of drug-likeness (QED) is 0.663. The Kier molecular flexibility index (Phi) is 4.36. The van der Waals surface area contributed by atoms with Crippen LogP contribution in [0.2, 0.25) is 5.02 Å². The second kappa shape index (κ2) is 5.61. The summed E-state index contributed by atoms with van der Waals surface area (Å²) in [4.78, 5) is 1.07. The fourth-order valence-corrected chi connectivity index (χ4v) is 3.48. The summed E-state index contributed by atoms with van der Waals surface area (Å²) in [7, 11) is 1.61. The van der Waals surface area contributed by atoms with Gasteiger partial charge in [0.1, 0.15) is 5.75 Å². The number of hydrogen-bond acceptors (Lipinski definition) is 2. The average molecular weight is 352 g/mol. The maximum atomic E-state index is 6.45. The van der Waals surface area contributed by atoms with E-state index < -0.39 is 0 Å². The molecule has 2 aromatic rings. The molecule has 0 amide bonds. The Morgan fingerprint density at radius 3 is 2.65 bits per heavy atom. The lowest BCUT2D eigenvalue weighted by Gasteiger charge is -2.12. The zero-order valence-corrected chi connectivity index (χ0v) is 12.8. The molecule has 90 valence electrons. The van der Waals surface area contributed by atoms with Crippen molar-refractivity contribution in [3.63, 3.8) is 0 Å². The number of halogens is 3. The molecule has 2 rings (SSSR count). The summed E-state index contributed by atoms with van der Waals surface area (Å²) >= 11 is 17.4. The molecule has 17 heavy (non-hydrogen) atoms. The molecule has 0 fully saturated rings. The monoisotopic (exact) mass is 350 g/mol. The Labute approximate surface area is 122 Å². The van der Waals surface area contributed by atoms with Crippen LogP contribution in [-0.4, -0.2) is 7.11 Å². The zero-order chi connectivity index (χ0) is 12.4. The first-order valence-electron chi connectivity index (χ1n) is 4.84. The van der Waals surface area contributed by atoms with Gasteiger partial charge in [-0.25, -0.2) is 0 Å². The van der Waals surface area contributed by atoms with Crippen LogP contribution in [0.5, 0.6) is 5.75 Å². The predicted molar refractivity (Wildman–Crippen MR) is 77.7 cm³/mol. The zero-order valence-electron chi connectivity index (χ0n) is 8.91. The summed E-state index contributed by atoms with van der Waals surface area (Å²) in [5.41, 5.74) is 0.924. The van der Waals surface area contributed by atoms with Crippen molar-refractivity contribution in [3.05, 3.63) is 49.6 Å². The van der Waals surface area contributed by atoms with Gasteiger partial charge >= 0.3 is 0 Å². The molecule has 1 aromatic carbocycles. The van der Waals surface area contributed by atoms with E-state index in [1.165, 1.54) is 0 Å². The highest BCUT2D eigenvalue weighted by Crippen LogP contribution is 2.40. The average Bonchev–Trinajstić information content (AvgIpc) is 2.75. The maximum Gasteiger partial charge on any atom is 0.125 e. The molecular weight excluding hydrogens is 343 g/mol. The van der Waals surface area contributed by atoms with E-state index >= 15 is 0 Å². The molecule has 1 atom stereocenters. The number of alkyl halides is 1. The first-order chi connectivity index (χ1) is 8.11. The minimum atomic E-state index is -0.224. The Balaban J connectivity index is 2.39. The molecule has 1 aromatic heterocycles. The maximum absolute atomic E-state index is 6.45. The van der Waals surface area contributed by atoms with Crippen molar-refractivity contribution in [1.29, 1.82) is 0 Å². The summed E-state index contributed by atoms with van der Waals surface area (Å²) in [6.45, 7) is 0. The molecule has 1 unspecified atom stereocenters. The van der Waals surface area contributed by atoms with Crippen LogP contribution in [0.25, 0.3) is 0 Å². The van der Waals surface area contributed by atoms with Crippen molar-refractivity contribution >= 4 is 50.5 Å². The van der Waals surface area contributed by atoms with Crippen molar-refractivity contribution in [2.24, 2.45) is 0 Å². The molecule has 1 nitrogen and oxygen atoms in total. The number of methoxy groups -OCH3 is 1. The fraction of sp³-hybridized carbons (Fsp3) is 0.167. The third-order valence-corrected chi connectivity index (χ3v) is 4.84. The Hall–Kier alpha value is -0.220. The van der Waals surface area contributed by atoms with Gasteiger partial charge in [0.2, 0.25) is 0 Å². The van der Waals surface area contributed by atoms with Crippen molar-refractivity contribution in [3.8, 4) is 5.75 Å². The van der Waals surface area contributed by atoms with Gasteiger partial charge in [-0.3, -0.25) is 0 Å². The predicted octanol–water partition coefficient (Wildman–Crippen LogP) is 5.50. The smallest absolute Gasteiger partial charge is 0.125 e. The molecule has 0 aliphatic rings. The number of benzene rings is 1. The lowest BCUT2D eigenvalue weighted by molar-refractivity contribution is 0.410. The van der Waals surface area contributed by atoms with Gasteiger partial charge in [0.05, 0.1) is 16.3 Å². The molecule has 0 radical (unpaired) electrons. The third kappa shape index (κ3) is 2.97. The summed E-state index contributed by atoms with van der Waals surface area (Å²) < 4.78 is 6.36. The van der Waals surface area contributed by atoms with Crippen LogP contribution in [0, 0.1) is 0 Å². The van der Waals surface area contributed by atoms with Gasteiger partial charge in [-0.2, -0.15) is 0 Å². The van der Waals surface area contributed by atoms with Gasteiger partial charge < -0.3 is 4.74 Å². The van der Waals surface area contributed by atoms with Gasteiger partial charge in [0.15, 0.2) is 0 Å². The molecule has 0 saturated heterocycles. The SMILES string of the molecule is COc1cc(Cl)ccc1C(Cl)c1ccc(Br)s1. The lowest BCUT2D eigenvalue weighted by atomic mass is 10.1. The first-order valence-corrected chi connectivity index (χ1v) is 7.27. The Morgan fingerprint density at radius 1 is 1.29 bits per heavy atom. The highest BCUT2D eigenvalue weighted by molar-refractivity contribution is 9.11. The van der Waals surface area contributed by atoms with E-state index in [9.17, 15) is 0 Å². The van der Waals surface area contributed by atoms with Crippen LogP contribution in [0.4, 0.5) is 0 Å². The number of rotatable bonds is 3. The molecular formula is C12H9BrCl2OS. The van der Waals surface area contributed by atoms with Crippen molar-refractivity contribution in [1.82, 2.24) is 0 Å². The molecule has 0 aliphatic heterocycles. The van der Waals surface area contributed by atoms with Crippen LogP contribution in [-0.2, 0) is 0 Å². The Morgan fingerprint density at radius 2 is 2.06 bits per heavy atom. The molecule has 5 heteroatoms. The second-order valence-corrected chi connectivity index (χ2v) is 6.76. The highest BCUT2D eigenvalue weighted by atomic mass is 79.9. The van der Waals surface area contributed by atoms with Crippen molar-refractivity contribution < 1.29 is 4.74 Å². The summed E-state index contributed by atoms with van der Waals surface area (Å²) in [6.07, 6.45) is 0. The topological polar surface area (TPSA) is 9.23 Å². The van der Waals surface area contributed by atoms with E-state index in [4.69, 9.17) is 27.9 Å². The molecule has 0 bridgehead atoms. The van der Waals surface area contributed by atoms with Crippen LogP contribution >= 0.6 is 50.5 Å². The molecule has 1 heterocycles. The van der Waals surface area contributed by atoms with Crippen LogP contribution in [0.1, 0.15) is 15.8 Å². The molecule has 0 N–H and O–H groups in total. The largest absolute Gasteiger partial charge is 0.496 e. The van der Waals surface area contributed by atoms with Gasteiger partial charge in [-0.05, 0) is 40.2 Å². The van der Waals surface area contributed by atoms with Gasteiger partial charge in [0, 0.05) is 15.5 Å². The minimum absolute atomic E-state index is 0.224. The van der Waals surface area contributed by atoms with Gasteiger partial charge in [-0.1, -0.05) is 17.7 Å². The van der Waals surface area contributed by atoms with E-state index in [2.05, 4.69) is 15.9 Å². The minimum Gasteiger partial charge on any atom is -0.496 e. The summed E-state index contributed by atoms with van der Waals surface area (Å²) in [6, 6.07) is 9.47. The van der Waals surface area contributed by atoms with E-state index in [1.54, 1.807) is 24.5 Å². The van der Waals surface area contributed by atoms with E-state index in [0.717, 1.165) is 14.2 Å². The van der Waals surface area contributed by atoms with E-state index in [-0.39, 0.29) is 5.38 Å². The summed E-state index contributed by atoms with van der Waals surface area (Å²) in [5.74, 6) is 0.710. The van der Waals surface area contributed by atoms with Crippen LogP contribution in [0.3, 0.4) is 0 Å². The number of thiophene rings is 1. The standard InChI is InChI=1S/C12H9BrCl2OS/c1-16-9-6-7(14)2-3-8(9)12(15)10-4-5-11(13)17-10/h2-6,12H,1H3. The van der Waals surface area contributed by atoms with E-state index in [0.29, 0.717) is 10.8 Å². The van der Waals surface area contributed by atoms with Crippen LogP contribution < -0.4 is 4.74 Å². The normalized spacial score (nSPS) is 12.5. The second-order valence-electron chi connectivity index (χ2n) is 3.39. The first kappa shape index (κ1) is 13.2. The number of hydrogen-bond donors (Lipinski definition) is 0. The van der Waals surface area contributed by atoms with Gasteiger partial charge in [-0.15, -0.1) is 22.9 Å². The molecule has 0 aliphatic carbocycles. The van der Waals surface area contributed by atoms with Crippen molar-refractivity contribution in [2.75, 3.05) is 7.11 Å². The lowest BCUT2D eigenvalue weighted by Crippen LogP contribution is -1.95. The highest BCUT2D eigenvalue weighted by Gasteiger charge is 2.17. The molecule has 0 saturated carbocycles. The number of ether oxygens (including phenoxy) is 1. The van der Waals surface area contributed by atoms with Crippen molar-refractivity contribution in [2.45, 2.75) is 5.38 Å². The third-order valence-electron chi connectivity index (χ3n) is 2.31. The Bertz CT molecular complexity index is 527. The summed E-state index contributed by atoms with van der Waals surface area (Å²) in [5, 5.41) is 0.417. The molecule has 0 spiro atoms. The fourth-order valence-electron chi connectivity index (χ4n) is 1.51. The van der Waals surface area contributed by atoms with Crippen LogP contribution in [0.15, 0.2) is 34.1 Å². The van der Waals surface area contributed by atoms with E-state index in [1.807, 2.05) is 24.3 Å². The van der Waals surface area contributed by atoms with Gasteiger partial charge in [0.25, 0.3) is 0 Å².